The molecule has 0 aliphatic carbocycles. The number of carbonyl (C=O) groups excluding carboxylic acids is 1. The number of benzene rings is 2. The molecule has 2 aromatic carbocycles. The maximum absolute atomic E-state index is 13.7. The topological polar surface area (TPSA) is 104 Å². The van der Waals surface area contributed by atoms with Gasteiger partial charge in [0.25, 0.3) is 0 Å². The summed E-state index contributed by atoms with van der Waals surface area (Å²) < 4.78 is 0. The van der Waals surface area contributed by atoms with Gasteiger partial charge in [-0.3, -0.25) is 4.79 Å². The molecule has 2 atom stereocenters. The number of rotatable bonds is 5. The number of carbonyl (C=O) groups is 2. The van der Waals surface area contributed by atoms with Gasteiger partial charge in [0.1, 0.15) is 0 Å². The van der Waals surface area contributed by atoms with Crippen LogP contribution in [0, 0.1) is 11.1 Å². The molecule has 2 heterocycles. The van der Waals surface area contributed by atoms with Gasteiger partial charge in [0, 0.05) is 35.0 Å². The van der Waals surface area contributed by atoms with Crippen molar-refractivity contribution in [3.63, 3.8) is 0 Å². The van der Waals surface area contributed by atoms with Gasteiger partial charge in [0.05, 0.1) is 5.56 Å². The van der Waals surface area contributed by atoms with Crippen LogP contribution in [0.25, 0.3) is 5.57 Å². The van der Waals surface area contributed by atoms with E-state index < -0.39 is 28.6 Å². The van der Waals surface area contributed by atoms with Crippen LogP contribution in [0.5, 0.6) is 0 Å². The summed E-state index contributed by atoms with van der Waals surface area (Å²) in [7, 11) is 0. The average molecular weight is 489 g/mol. The molecule has 174 valence electrons. The van der Waals surface area contributed by atoms with Crippen LogP contribution in [0.4, 0.5) is 0 Å². The monoisotopic (exact) mass is 488 g/mol. The Kier molecular flexibility index (Phi) is 7.68. The molecule has 2 aromatic rings. The fourth-order valence-electron chi connectivity index (χ4n) is 5.29. The summed E-state index contributed by atoms with van der Waals surface area (Å²) in [6.45, 7) is 7.70. The molecule has 2 N–H and O–H groups in total. The number of aliphatic hydroxyl groups is 1. The van der Waals surface area contributed by atoms with Crippen molar-refractivity contribution in [1.29, 1.82) is 0 Å². The van der Waals surface area contributed by atoms with Crippen molar-refractivity contribution in [2.45, 2.75) is 50.9 Å². The van der Waals surface area contributed by atoms with Crippen LogP contribution in [-0.4, -0.2) is 49.6 Å². The molecule has 0 bridgehead atoms. The molecule has 0 saturated carbocycles. The molecule has 4 rings (SSSR count). The van der Waals surface area contributed by atoms with Crippen molar-refractivity contribution in [1.82, 2.24) is 9.96 Å². The summed E-state index contributed by atoms with van der Waals surface area (Å²) in [5.41, 5.74) is -2.72. The smallest absolute Gasteiger partial charge is 0.784 e. The first-order valence-electron chi connectivity index (χ1n) is 11.0. The number of ketones is 1. The zero-order valence-electron chi connectivity index (χ0n) is 20.3. The van der Waals surface area contributed by atoms with Crippen LogP contribution in [0.2, 0.25) is 0 Å². The van der Waals surface area contributed by atoms with E-state index in [0.717, 1.165) is 5.06 Å². The normalized spacial score (nSPS) is 25.7. The zero-order chi connectivity index (χ0) is 24.2. The van der Waals surface area contributed by atoms with Gasteiger partial charge < -0.3 is 25.4 Å². The van der Waals surface area contributed by atoms with Gasteiger partial charge in [-0.1, -0.05) is 48.5 Å². The Morgan fingerprint density at radius 3 is 2.21 bits per heavy atom. The number of aromatic carboxylic acids is 1. The zero-order valence-corrected chi connectivity index (χ0v) is 23.4. The molecule has 34 heavy (non-hydrogen) atoms. The van der Waals surface area contributed by atoms with E-state index in [1.54, 1.807) is 42.6 Å². The van der Waals surface area contributed by atoms with E-state index in [1.807, 2.05) is 33.8 Å². The molecular formula is C26H29KN2O5. The Morgan fingerprint density at radius 1 is 1.06 bits per heavy atom. The van der Waals surface area contributed by atoms with E-state index in [1.165, 1.54) is 17.0 Å². The van der Waals surface area contributed by atoms with Crippen molar-refractivity contribution in [2.75, 3.05) is 6.54 Å². The number of hydrogen-bond donors (Lipinski definition) is 2. The fourth-order valence-corrected chi connectivity index (χ4v) is 5.29. The van der Waals surface area contributed by atoms with Gasteiger partial charge in [0.15, 0.2) is 0 Å². The predicted octanol–water partition coefficient (Wildman–Crippen LogP) is 0.837. The summed E-state index contributed by atoms with van der Waals surface area (Å²) in [5, 5.41) is 35.7. The Hall–Kier alpha value is -1.36. The molecule has 1 saturated heterocycles. The first-order valence-corrected chi connectivity index (χ1v) is 11.0. The van der Waals surface area contributed by atoms with Crippen molar-refractivity contribution in [2.24, 2.45) is 5.92 Å². The Morgan fingerprint density at radius 2 is 1.65 bits per heavy atom. The van der Waals surface area contributed by atoms with Crippen molar-refractivity contribution < 1.29 is 71.2 Å². The summed E-state index contributed by atoms with van der Waals surface area (Å²) in [5.74, 6) is -1.99. The third kappa shape index (κ3) is 4.35. The fraction of sp³-hybridized carbons (Fsp3) is 0.385. The summed E-state index contributed by atoms with van der Waals surface area (Å²) in [6.07, 6.45) is 2.17. The molecule has 0 spiro atoms. The van der Waals surface area contributed by atoms with Crippen molar-refractivity contribution in [3.05, 3.63) is 82.7 Å². The molecule has 1 fully saturated rings. The second kappa shape index (κ2) is 9.59. The molecule has 7 nitrogen and oxygen atoms in total. The van der Waals surface area contributed by atoms with E-state index in [4.69, 9.17) is 0 Å². The second-order valence-electron chi connectivity index (χ2n) is 10.1. The number of carboxylic acids is 1. The summed E-state index contributed by atoms with van der Waals surface area (Å²) in [4.78, 5) is 27.2. The molecule has 2 unspecified atom stereocenters. The molecular weight excluding hydrogens is 459 g/mol. The van der Waals surface area contributed by atoms with Gasteiger partial charge in [0.2, 0.25) is 11.5 Å². The Bertz CT molecular complexity index is 1130. The predicted molar refractivity (Wildman–Crippen MR) is 125 cm³/mol. The number of nitrogens with zero attached hydrogens (tertiary/aromatic N) is 2. The van der Waals surface area contributed by atoms with Crippen LogP contribution >= 0.6 is 0 Å². The van der Waals surface area contributed by atoms with Crippen LogP contribution in [-0.2, 0) is 10.5 Å². The standard InChI is InChI=1S/C26H29N2O5.K/c1-24(2)14-18(25(3,4)28(24)33)15-27-16-20(17-10-6-5-7-11-17)22(29)26(27,32)21-13-9-8-12-19(21)23(30)31;/h5-13,16,18,32H,14-15H2,1-4H3,(H,30,31);/q-1;+1. The van der Waals surface area contributed by atoms with E-state index in [2.05, 4.69) is 0 Å². The van der Waals surface area contributed by atoms with E-state index in [9.17, 15) is 25.0 Å². The minimum atomic E-state index is -2.20. The Balaban J connectivity index is 0.00000324. The van der Waals surface area contributed by atoms with Gasteiger partial charge in [-0.05, 0) is 51.7 Å². The van der Waals surface area contributed by atoms with Crippen LogP contribution in [0.3, 0.4) is 0 Å². The largest absolute Gasteiger partial charge is 1.00 e. The number of hydroxylamine groups is 2. The molecule has 2 aliphatic heterocycles. The number of Topliss-reactive ketones (excluding diaryl/α,β-unsaturated/α-hetero) is 1. The van der Waals surface area contributed by atoms with E-state index in [-0.39, 0.29) is 75.0 Å². The quantitative estimate of drug-likeness (QED) is 0.601. The van der Waals surface area contributed by atoms with Crippen LogP contribution in [0.1, 0.15) is 55.6 Å². The average Bonchev–Trinajstić information content (AvgIpc) is 3.12. The van der Waals surface area contributed by atoms with Gasteiger partial charge in [-0.25, -0.2) is 4.79 Å². The number of carboxylic acid groups (broad SMARTS) is 1. The Labute approximate surface area is 242 Å². The van der Waals surface area contributed by atoms with Crippen molar-refractivity contribution in [3.8, 4) is 0 Å². The molecule has 0 radical (unpaired) electrons. The maximum Gasteiger partial charge on any atom is 1.00 e. The van der Waals surface area contributed by atoms with Gasteiger partial charge >= 0.3 is 57.4 Å². The van der Waals surface area contributed by atoms with E-state index in [0.29, 0.717) is 17.6 Å². The summed E-state index contributed by atoms with van der Waals surface area (Å²) >= 11 is 0. The third-order valence-corrected chi connectivity index (χ3v) is 7.11. The second-order valence-corrected chi connectivity index (χ2v) is 10.1. The third-order valence-electron chi connectivity index (χ3n) is 7.11. The first-order chi connectivity index (χ1) is 15.4. The maximum atomic E-state index is 13.7. The van der Waals surface area contributed by atoms with Crippen LogP contribution in [0.15, 0.2) is 60.8 Å². The molecule has 2 aliphatic rings. The van der Waals surface area contributed by atoms with Crippen molar-refractivity contribution >= 4 is 17.3 Å². The first kappa shape index (κ1) is 27.2. The molecule has 0 aromatic heterocycles. The van der Waals surface area contributed by atoms with Gasteiger partial charge in [-0.2, -0.15) is 0 Å². The van der Waals surface area contributed by atoms with Crippen LogP contribution < -0.4 is 51.4 Å². The molecule has 0 amide bonds. The minimum absolute atomic E-state index is 0. The van der Waals surface area contributed by atoms with Gasteiger partial charge in [-0.15, -0.1) is 0 Å². The summed E-state index contributed by atoms with van der Waals surface area (Å²) in [6, 6.07) is 15.0. The SMILES string of the molecule is CC1(C)CC(CN2C=C(c3ccccc3)C(=O)C2(O)c2ccccc2C(=O)O)C(C)(C)N1[O-].[K+]. The molecule has 8 heteroatoms. The minimum Gasteiger partial charge on any atom is -0.784 e. The number of hydrogen-bond acceptors (Lipinski definition) is 6. The van der Waals surface area contributed by atoms with E-state index >= 15 is 0 Å².